The minimum Gasteiger partial charge on any atom is -0.398 e. The zero-order chi connectivity index (χ0) is 9.71. The first-order valence-corrected chi connectivity index (χ1v) is 5.57. The topological polar surface area (TPSA) is 38.9 Å². The van der Waals surface area contributed by atoms with Crippen LogP contribution in [0.4, 0.5) is 5.69 Å². The summed E-state index contributed by atoms with van der Waals surface area (Å²) in [5.41, 5.74) is 12.6. The molecule has 2 aliphatic carbocycles. The van der Waals surface area contributed by atoms with Gasteiger partial charge in [0.05, 0.1) is 0 Å². The molecule has 74 valence electrons. The first-order chi connectivity index (χ1) is 6.77. The highest BCUT2D eigenvalue weighted by molar-refractivity contribution is 5.60. The molecule has 14 heavy (non-hydrogen) atoms. The van der Waals surface area contributed by atoms with Crippen molar-refractivity contribution >= 4 is 5.69 Å². The van der Waals surface area contributed by atoms with Crippen LogP contribution in [0.3, 0.4) is 0 Å². The monoisotopic (exact) mass is 188 g/mol. The average Bonchev–Trinajstić information content (AvgIpc) is 2.75. The van der Waals surface area contributed by atoms with Gasteiger partial charge in [-0.15, -0.1) is 0 Å². The Morgan fingerprint density at radius 2 is 2.07 bits per heavy atom. The fourth-order valence-corrected chi connectivity index (χ4v) is 2.84. The molecule has 0 saturated heterocycles. The second-order valence-corrected chi connectivity index (χ2v) is 4.61. The van der Waals surface area contributed by atoms with Crippen molar-refractivity contribution in [1.29, 1.82) is 0 Å². The molecule has 1 aromatic heterocycles. The highest BCUT2D eigenvalue weighted by Gasteiger charge is 2.27. The van der Waals surface area contributed by atoms with Crippen LogP contribution < -0.4 is 5.73 Å². The molecule has 1 atom stereocenters. The second kappa shape index (κ2) is 2.72. The molecule has 0 aliphatic heterocycles. The van der Waals surface area contributed by atoms with Gasteiger partial charge in [0.1, 0.15) is 0 Å². The summed E-state index contributed by atoms with van der Waals surface area (Å²) >= 11 is 0. The number of fused-ring (bicyclic) bond motifs is 2. The molecule has 0 aromatic carbocycles. The lowest BCUT2D eigenvalue weighted by atomic mass is 10.1. The third kappa shape index (κ3) is 0.941. The molecule has 0 fully saturated rings. The van der Waals surface area contributed by atoms with Gasteiger partial charge in [0, 0.05) is 17.1 Å². The fraction of sp³-hybridized carbons (Fsp3) is 0.583. The Labute approximate surface area is 84.5 Å². The first kappa shape index (κ1) is 8.27. The molecule has 0 amide bonds. The largest absolute Gasteiger partial charge is 0.398 e. The van der Waals surface area contributed by atoms with Crippen molar-refractivity contribution in [3.63, 3.8) is 0 Å². The summed E-state index contributed by atoms with van der Waals surface area (Å²) < 4.78 is 0. The maximum atomic E-state index is 6.21. The number of rotatable bonds is 0. The van der Waals surface area contributed by atoms with Gasteiger partial charge in [-0.3, -0.25) is 4.98 Å². The van der Waals surface area contributed by atoms with E-state index in [0.717, 1.165) is 24.9 Å². The van der Waals surface area contributed by atoms with Crippen LogP contribution in [0.5, 0.6) is 0 Å². The van der Waals surface area contributed by atoms with Gasteiger partial charge >= 0.3 is 0 Å². The summed E-state index contributed by atoms with van der Waals surface area (Å²) in [7, 11) is 0. The molecule has 0 bridgehead atoms. The average molecular weight is 188 g/mol. The third-order valence-corrected chi connectivity index (χ3v) is 3.70. The van der Waals surface area contributed by atoms with Crippen molar-refractivity contribution in [3.05, 3.63) is 22.5 Å². The van der Waals surface area contributed by atoms with Crippen molar-refractivity contribution in [1.82, 2.24) is 4.98 Å². The summed E-state index contributed by atoms with van der Waals surface area (Å²) in [5.74, 6) is 0.623. The lowest BCUT2D eigenvalue weighted by Crippen LogP contribution is -2.04. The zero-order valence-corrected chi connectivity index (χ0v) is 8.64. The van der Waals surface area contributed by atoms with Gasteiger partial charge in [-0.2, -0.15) is 0 Å². The minimum atomic E-state index is 0.623. The smallest absolute Gasteiger partial charge is 0.0487 e. The summed E-state index contributed by atoms with van der Waals surface area (Å²) in [4.78, 5) is 4.80. The van der Waals surface area contributed by atoms with Crippen LogP contribution in [-0.4, -0.2) is 4.98 Å². The number of hydrogen-bond acceptors (Lipinski definition) is 2. The molecule has 0 radical (unpaired) electrons. The molecule has 0 spiro atoms. The number of nitrogen functional groups attached to an aromatic ring is 1. The Hall–Kier alpha value is -1.05. The molecule has 2 N–H and O–H groups in total. The maximum Gasteiger partial charge on any atom is 0.0487 e. The van der Waals surface area contributed by atoms with E-state index in [1.165, 1.54) is 35.4 Å². The molecule has 1 aromatic rings. The molecular formula is C12H16N2. The van der Waals surface area contributed by atoms with Gasteiger partial charge in [-0.05, 0) is 49.1 Å². The van der Waals surface area contributed by atoms with E-state index < -0.39 is 0 Å². The molecule has 2 aliphatic rings. The number of aromatic nitrogens is 1. The Morgan fingerprint density at radius 1 is 1.21 bits per heavy atom. The van der Waals surface area contributed by atoms with E-state index in [0.29, 0.717) is 5.92 Å². The number of nitrogens with two attached hydrogens (primary N) is 1. The van der Waals surface area contributed by atoms with E-state index >= 15 is 0 Å². The molecule has 2 nitrogen and oxygen atoms in total. The Balaban J connectivity index is 2.24. The van der Waals surface area contributed by atoms with E-state index in [2.05, 4.69) is 6.92 Å². The molecule has 0 saturated carbocycles. The Morgan fingerprint density at radius 3 is 2.93 bits per heavy atom. The van der Waals surface area contributed by atoms with Crippen LogP contribution in [0.15, 0.2) is 0 Å². The summed E-state index contributed by atoms with van der Waals surface area (Å²) in [6.45, 7) is 2.26. The van der Waals surface area contributed by atoms with E-state index in [-0.39, 0.29) is 0 Å². The van der Waals surface area contributed by atoms with Crippen LogP contribution in [0.2, 0.25) is 0 Å². The number of aryl methyl sites for hydroxylation is 1. The molecule has 1 heterocycles. The van der Waals surface area contributed by atoms with Crippen LogP contribution in [0.1, 0.15) is 48.2 Å². The Bertz CT molecular complexity index is 396. The van der Waals surface area contributed by atoms with Crippen molar-refractivity contribution in [3.8, 4) is 0 Å². The number of nitrogens with zero attached hydrogens (tertiary/aromatic N) is 1. The van der Waals surface area contributed by atoms with Gasteiger partial charge in [-0.25, -0.2) is 0 Å². The molecule has 2 heteroatoms. The number of pyridine rings is 1. The predicted molar refractivity (Wildman–Crippen MR) is 57.4 cm³/mol. The third-order valence-electron chi connectivity index (χ3n) is 3.70. The number of anilines is 1. The maximum absolute atomic E-state index is 6.21. The molecular weight excluding hydrogens is 172 g/mol. The predicted octanol–water partition coefficient (Wildman–Crippen LogP) is 2.20. The quantitative estimate of drug-likeness (QED) is 0.678. The summed E-state index contributed by atoms with van der Waals surface area (Å²) in [6.07, 6.45) is 5.90. The van der Waals surface area contributed by atoms with Crippen LogP contribution in [0, 0.1) is 0 Å². The van der Waals surface area contributed by atoms with Crippen molar-refractivity contribution in [2.45, 2.75) is 44.9 Å². The van der Waals surface area contributed by atoms with E-state index in [9.17, 15) is 0 Å². The van der Waals surface area contributed by atoms with E-state index in [1.807, 2.05) is 0 Å². The highest BCUT2D eigenvalue weighted by Crippen LogP contribution is 2.39. The summed E-state index contributed by atoms with van der Waals surface area (Å²) in [5, 5.41) is 0. The lowest BCUT2D eigenvalue weighted by Gasteiger charge is -2.10. The van der Waals surface area contributed by atoms with Gasteiger partial charge in [0.25, 0.3) is 0 Å². The molecule has 3 rings (SSSR count). The van der Waals surface area contributed by atoms with Crippen molar-refractivity contribution in [2.24, 2.45) is 0 Å². The highest BCUT2D eigenvalue weighted by atomic mass is 14.8. The second-order valence-electron chi connectivity index (χ2n) is 4.61. The van der Waals surface area contributed by atoms with Crippen molar-refractivity contribution < 1.29 is 0 Å². The zero-order valence-electron chi connectivity index (χ0n) is 8.64. The minimum absolute atomic E-state index is 0.623. The van der Waals surface area contributed by atoms with Crippen LogP contribution in [0.25, 0.3) is 0 Å². The molecule has 0 unspecified atom stereocenters. The Kier molecular flexibility index (Phi) is 1.61. The van der Waals surface area contributed by atoms with Gasteiger partial charge in [-0.1, -0.05) is 6.92 Å². The summed E-state index contributed by atoms with van der Waals surface area (Å²) in [6, 6.07) is 0. The SMILES string of the molecule is C[C@@H]1CCc2c1nc1c(c2N)CCC1. The van der Waals surface area contributed by atoms with Crippen LogP contribution >= 0.6 is 0 Å². The number of hydrogen-bond donors (Lipinski definition) is 1. The van der Waals surface area contributed by atoms with E-state index in [4.69, 9.17) is 10.7 Å². The fourth-order valence-electron chi connectivity index (χ4n) is 2.84. The standard InChI is InChI=1S/C12H16N2/c1-7-5-6-9-11(13)8-3-2-4-10(8)14-12(7)9/h7H,2-6H2,1H3,(H2,13,14)/t7-/m1/s1. The van der Waals surface area contributed by atoms with Gasteiger partial charge in [0.2, 0.25) is 0 Å². The normalized spacial score (nSPS) is 23.6. The first-order valence-electron chi connectivity index (χ1n) is 5.57. The van der Waals surface area contributed by atoms with Gasteiger partial charge in [0.15, 0.2) is 0 Å². The van der Waals surface area contributed by atoms with Gasteiger partial charge < -0.3 is 5.73 Å². The lowest BCUT2D eigenvalue weighted by molar-refractivity contribution is 0.726. The van der Waals surface area contributed by atoms with Crippen LogP contribution in [-0.2, 0) is 19.3 Å². The van der Waals surface area contributed by atoms with Crippen molar-refractivity contribution in [2.75, 3.05) is 5.73 Å². The van der Waals surface area contributed by atoms with E-state index in [1.54, 1.807) is 0 Å².